The van der Waals surface area contributed by atoms with E-state index >= 15 is 0 Å². The summed E-state index contributed by atoms with van der Waals surface area (Å²) in [5.74, 6) is 1.48. The highest BCUT2D eigenvalue weighted by molar-refractivity contribution is 7.68. The Kier molecular flexibility index (Phi) is 10.5. The highest BCUT2D eigenvalue weighted by atomic mass is 31.2. The van der Waals surface area contributed by atoms with Gasteiger partial charge in [-0.05, 0) is 72.4 Å². The topological polar surface area (TPSA) is 145 Å². The Balaban J connectivity index is 0.946. The minimum atomic E-state index is -3.50. The number of benzene rings is 6. The van der Waals surface area contributed by atoms with E-state index in [9.17, 15) is 28.1 Å². The molecule has 1 aromatic heterocycles. The first-order chi connectivity index (χ1) is 30.6. The van der Waals surface area contributed by atoms with Gasteiger partial charge in [-0.3, -0.25) is 13.7 Å². The molecule has 0 amide bonds. The molecule has 0 aliphatic carbocycles. The SMILES string of the molecule is O=c1n(CCCP2(=O)Oc3ccccc3-c3ccccc32)c(=O)n(CCCP2(=O)Oc3ccccc3-c3ccccc32)c(=O)n1CCCP1(=O)Oc2ccccc2-c2ccccc21. The van der Waals surface area contributed by atoms with Gasteiger partial charge in [0.05, 0.1) is 15.9 Å². The van der Waals surface area contributed by atoms with Crippen molar-refractivity contribution in [3.8, 4) is 50.6 Å². The van der Waals surface area contributed by atoms with Gasteiger partial charge >= 0.3 is 17.1 Å². The summed E-state index contributed by atoms with van der Waals surface area (Å²) in [4.78, 5) is 42.9. The van der Waals surface area contributed by atoms with Gasteiger partial charge in [0.15, 0.2) is 0 Å². The molecule has 0 saturated heterocycles. The molecule has 3 aliphatic rings. The van der Waals surface area contributed by atoms with Crippen molar-refractivity contribution in [3.05, 3.63) is 177 Å². The van der Waals surface area contributed by atoms with Crippen molar-refractivity contribution in [2.24, 2.45) is 0 Å². The Morgan fingerprint density at radius 3 is 0.857 bits per heavy atom. The van der Waals surface area contributed by atoms with E-state index in [1.807, 2.05) is 91.0 Å². The van der Waals surface area contributed by atoms with Crippen molar-refractivity contribution in [1.29, 1.82) is 0 Å². The number of para-hydroxylation sites is 3. The molecule has 3 aliphatic heterocycles. The van der Waals surface area contributed by atoms with Crippen LogP contribution in [0.5, 0.6) is 17.2 Å². The number of aromatic nitrogens is 3. The van der Waals surface area contributed by atoms with Crippen molar-refractivity contribution >= 4 is 38.0 Å². The molecule has 3 unspecified atom stereocenters. The second-order valence-electron chi connectivity index (χ2n) is 15.9. The fourth-order valence-corrected chi connectivity index (χ4v) is 16.0. The number of hydrogen-bond donors (Lipinski definition) is 0. The predicted molar refractivity (Wildman–Crippen MR) is 247 cm³/mol. The number of nitrogens with zero attached hydrogens (tertiary/aromatic N) is 3. The summed E-state index contributed by atoms with van der Waals surface area (Å²) in [5, 5.41) is 1.68. The molecule has 0 saturated carbocycles. The molecule has 0 spiro atoms. The second kappa shape index (κ2) is 16.2. The molecule has 0 bridgehead atoms. The zero-order valence-electron chi connectivity index (χ0n) is 34.1. The Morgan fingerprint density at radius 1 is 0.333 bits per heavy atom. The lowest BCUT2D eigenvalue weighted by Crippen LogP contribution is -2.54. The quantitative estimate of drug-likeness (QED) is 0.111. The van der Waals surface area contributed by atoms with Gasteiger partial charge in [0.25, 0.3) is 22.1 Å². The monoisotopic (exact) mass is 897 g/mol. The van der Waals surface area contributed by atoms with E-state index in [0.717, 1.165) is 47.1 Å². The van der Waals surface area contributed by atoms with Crippen molar-refractivity contribution in [2.75, 3.05) is 18.5 Å². The van der Waals surface area contributed by atoms with Crippen LogP contribution < -0.4 is 46.6 Å². The first kappa shape index (κ1) is 40.9. The van der Waals surface area contributed by atoms with Crippen LogP contribution in [0.15, 0.2) is 160 Å². The molecule has 15 heteroatoms. The van der Waals surface area contributed by atoms with Crippen LogP contribution in [0.3, 0.4) is 0 Å². The van der Waals surface area contributed by atoms with Gasteiger partial charge < -0.3 is 13.6 Å². The summed E-state index contributed by atoms with van der Waals surface area (Å²) in [5.41, 5.74) is 2.38. The van der Waals surface area contributed by atoms with Crippen molar-refractivity contribution in [2.45, 2.75) is 38.9 Å². The number of fused-ring (bicyclic) bond motifs is 9. The zero-order chi connectivity index (χ0) is 43.3. The molecular weight excluding hydrogens is 855 g/mol. The third-order valence-corrected chi connectivity index (χ3v) is 19.5. The van der Waals surface area contributed by atoms with Crippen LogP contribution in [0, 0.1) is 0 Å². The Hall–Kier alpha value is -6.18. The van der Waals surface area contributed by atoms with Gasteiger partial charge in [-0.15, -0.1) is 0 Å². The molecule has 10 rings (SSSR count). The van der Waals surface area contributed by atoms with Crippen LogP contribution >= 0.6 is 22.1 Å². The smallest absolute Gasteiger partial charge is 0.336 e. The summed E-state index contributed by atoms with van der Waals surface area (Å²) in [6.07, 6.45) is 0.392. The lowest BCUT2D eigenvalue weighted by atomic mass is 10.0. The van der Waals surface area contributed by atoms with E-state index in [-0.39, 0.29) is 57.4 Å². The van der Waals surface area contributed by atoms with Gasteiger partial charge in [0, 0.05) is 54.8 Å². The third kappa shape index (κ3) is 7.20. The fraction of sp³-hybridized carbons (Fsp3) is 0.188. The second-order valence-corrected chi connectivity index (χ2v) is 23.2. The van der Waals surface area contributed by atoms with Crippen LogP contribution in [0.2, 0.25) is 0 Å². The molecule has 0 N–H and O–H groups in total. The standard InChI is InChI=1S/C48H42N3O9P3/c52-46-49(28-13-31-61(55)43-25-10-4-19-37(43)34-16-1-7-22-40(34)58-61)47(53)51(30-15-33-63(57)45-27-12-6-21-39(45)36-18-3-9-24-42(36)60-63)48(54)50(46)29-14-32-62(56)44-26-11-5-20-38(44)35-17-2-8-23-41(35)59-62/h1-12,16-27H,13-15,28-33H2. The summed E-state index contributed by atoms with van der Waals surface area (Å²) >= 11 is 0. The van der Waals surface area contributed by atoms with Crippen LogP contribution in [0.1, 0.15) is 19.3 Å². The molecule has 3 atom stereocenters. The minimum absolute atomic E-state index is 0.0200. The molecular formula is C48H42N3O9P3. The third-order valence-electron chi connectivity index (χ3n) is 12.0. The highest BCUT2D eigenvalue weighted by Crippen LogP contribution is 2.57. The molecule has 0 fully saturated rings. The number of rotatable bonds is 12. The van der Waals surface area contributed by atoms with Crippen LogP contribution in [0.25, 0.3) is 33.4 Å². The summed E-state index contributed by atoms with van der Waals surface area (Å²) in [6, 6.07) is 44.2. The Bertz CT molecular complexity index is 2930. The van der Waals surface area contributed by atoms with Crippen molar-refractivity contribution in [1.82, 2.24) is 13.7 Å². The normalized spacial score (nSPS) is 20.0. The van der Waals surface area contributed by atoms with Crippen molar-refractivity contribution in [3.63, 3.8) is 0 Å². The molecule has 63 heavy (non-hydrogen) atoms. The van der Waals surface area contributed by atoms with Crippen LogP contribution in [-0.2, 0) is 33.3 Å². The van der Waals surface area contributed by atoms with E-state index < -0.39 is 39.2 Å². The first-order valence-corrected chi connectivity index (χ1v) is 26.4. The Morgan fingerprint density at radius 2 is 0.571 bits per heavy atom. The molecule has 6 aromatic carbocycles. The zero-order valence-corrected chi connectivity index (χ0v) is 36.8. The maximum Gasteiger partial charge on any atom is 0.336 e. The van der Waals surface area contributed by atoms with E-state index in [4.69, 9.17) is 13.6 Å². The average molecular weight is 898 g/mol. The van der Waals surface area contributed by atoms with Crippen LogP contribution in [0.4, 0.5) is 0 Å². The molecule has 318 valence electrons. The van der Waals surface area contributed by atoms with E-state index in [1.54, 1.807) is 54.6 Å². The van der Waals surface area contributed by atoms with Gasteiger partial charge in [-0.25, -0.2) is 28.1 Å². The molecule has 4 heterocycles. The summed E-state index contributed by atoms with van der Waals surface area (Å²) in [7, 11) is -10.5. The molecule has 12 nitrogen and oxygen atoms in total. The summed E-state index contributed by atoms with van der Waals surface area (Å²) < 4.78 is 65.4. The van der Waals surface area contributed by atoms with Gasteiger partial charge in [0.1, 0.15) is 17.2 Å². The van der Waals surface area contributed by atoms with Gasteiger partial charge in [-0.2, -0.15) is 0 Å². The maximum absolute atomic E-state index is 14.6. The van der Waals surface area contributed by atoms with Crippen molar-refractivity contribution < 1.29 is 27.3 Å². The molecule has 7 aromatic rings. The molecule has 0 radical (unpaired) electrons. The lowest BCUT2D eigenvalue weighted by molar-refractivity contribution is 0.430. The maximum atomic E-state index is 14.6. The van der Waals surface area contributed by atoms with E-state index in [1.165, 1.54) is 0 Å². The van der Waals surface area contributed by atoms with E-state index in [2.05, 4.69) is 0 Å². The minimum Gasteiger partial charge on any atom is -0.439 e. The summed E-state index contributed by atoms with van der Waals surface area (Å²) in [6.45, 7) is -0.480. The number of hydrogen-bond acceptors (Lipinski definition) is 9. The average Bonchev–Trinajstić information content (AvgIpc) is 3.30. The fourth-order valence-electron chi connectivity index (χ4n) is 8.99. The lowest BCUT2D eigenvalue weighted by Gasteiger charge is -2.29. The predicted octanol–water partition coefficient (Wildman–Crippen LogP) is 8.33. The van der Waals surface area contributed by atoms with E-state index in [0.29, 0.717) is 33.2 Å². The van der Waals surface area contributed by atoms with Crippen LogP contribution in [-0.4, -0.2) is 32.2 Å². The Labute approximate surface area is 362 Å². The largest absolute Gasteiger partial charge is 0.439 e. The highest BCUT2D eigenvalue weighted by Gasteiger charge is 2.38. The van der Waals surface area contributed by atoms with Gasteiger partial charge in [0.2, 0.25) is 0 Å². The van der Waals surface area contributed by atoms with Gasteiger partial charge in [-0.1, -0.05) is 109 Å². The first-order valence-electron chi connectivity index (χ1n) is 20.9.